The van der Waals surface area contributed by atoms with Crippen molar-refractivity contribution in [2.75, 3.05) is 12.4 Å². The number of benzene rings is 1. The number of pyridine rings is 2. The lowest BCUT2D eigenvalue weighted by Gasteiger charge is -2.11. The van der Waals surface area contributed by atoms with Gasteiger partial charge in [-0.3, -0.25) is 0 Å². The molecule has 0 unspecified atom stereocenters. The molecule has 0 amide bonds. The summed E-state index contributed by atoms with van der Waals surface area (Å²) in [5.74, 6) is 1.38. The SMILES string of the molecule is COc1ccccc1Nc1cc(-c2c[nH]c3ncccc23)cc(Cl)n1. The second kappa shape index (κ2) is 6.45. The van der Waals surface area contributed by atoms with E-state index in [-0.39, 0.29) is 0 Å². The maximum Gasteiger partial charge on any atom is 0.142 e. The van der Waals surface area contributed by atoms with Crippen molar-refractivity contribution in [3.63, 3.8) is 0 Å². The van der Waals surface area contributed by atoms with Gasteiger partial charge in [-0.2, -0.15) is 0 Å². The zero-order chi connectivity index (χ0) is 17.2. The summed E-state index contributed by atoms with van der Waals surface area (Å²) < 4.78 is 5.37. The highest BCUT2D eigenvalue weighted by Crippen LogP contribution is 2.32. The second-order valence-electron chi connectivity index (χ2n) is 5.49. The van der Waals surface area contributed by atoms with Crippen LogP contribution in [0.5, 0.6) is 5.75 Å². The number of aromatic amines is 1. The van der Waals surface area contributed by atoms with Crippen LogP contribution in [0.3, 0.4) is 0 Å². The molecule has 5 nitrogen and oxygen atoms in total. The molecule has 1 aromatic carbocycles. The molecule has 3 aromatic heterocycles. The van der Waals surface area contributed by atoms with Crippen LogP contribution < -0.4 is 10.1 Å². The number of nitrogens with one attached hydrogen (secondary N) is 2. The van der Waals surface area contributed by atoms with Crippen molar-refractivity contribution in [1.29, 1.82) is 0 Å². The summed E-state index contributed by atoms with van der Waals surface area (Å²) in [6, 6.07) is 15.4. The minimum atomic E-state index is 0.410. The van der Waals surface area contributed by atoms with Crippen LogP contribution in [0, 0.1) is 0 Å². The molecule has 4 rings (SSSR count). The molecule has 0 saturated carbocycles. The molecule has 0 aliphatic carbocycles. The summed E-state index contributed by atoms with van der Waals surface area (Å²) in [6.45, 7) is 0. The van der Waals surface area contributed by atoms with Gasteiger partial charge in [0.25, 0.3) is 0 Å². The van der Waals surface area contributed by atoms with Crippen LogP contribution in [-0.4, -0.2) is 22.1 Å². The van der Waals surface area contributed by atoms with E-state index in [1.807, 2.05) is 54.7 Å². The molecule has 3 heterocycles. The van der Waals surface area contributed by atoms with Gasteiger partial charge in [0.05, 0.1) is 12.8 Å². The van der Waals surface area contributed by atoms with E-state index in [9.17, 15) is 0 Å². The van der Waals surface area contributed by atoms with Gasteiger partial charge >= 0.3 is 0 Å². The molecule has 0 bridgehead atoms. The summed E-state index contributed by atoms with van der Waals surface area (Å²) in [5.41, 5.74) is 3.64. The van der Waals surface area contributed by atoms with Crippen molar-refractivity contribution >= 4 is 34.1 Å². The molecule has 124 valence electrons. The van der Waals surface area contributed by atoms with E-state index in [0.29, 0.717) is 11.0 Å². The van der Waals surface area contributed by atoms with Gasteiger partial charge in [-0.15, -0.1) is 0 Å². The summed E-state index contributed by atoms with van der Waals surface area (Å²) >= 11 is 6.25. The van der Waals surface area contributed by atoms with Crippen molar-refractivity contribution in [2.24, 2.45) is 0 Å². The van der Waals surface area contributed by atoms with Crippen LogP contribution >= 0.6 is 11.6 Å². The Kier molecular flexibility index (Phi) is 3.99. The first-order valence-corrected chi connectivity index (χ1v) is 8.12. The highest BCUT2D eigenvalue weighted by atomic mass is 35.5. The third-order valence-corrected chi connectivity index (χ3v) is 4.12. The average Bonchev–Trinajstić information content (AvgIpc) is 3.06. The quantitative estimate of drug-likeness (QED) is 0.507. The predicted octanol–water partition coefficient (Wildman–Crippen LogP) is 5.03. The van der Waals surface area contributed by atoms with E-state index in [1.54, 1.807) is 13.3 Å². The minimum Gasteiger partial charge on any atom is -0.495 e. The Bertz CT molecular complexity index is 1040. The topological polar surface area (TPSA) is 62.8 Å². The number of hydrogen-bond acceptors (Lipinski definition) is 4. The number of halogens is 1. The monoisotopic (exact) mass is 350 g/mol. The lowest BCUT2D eigenvalue weighted by atomic mass is 10.1. The molecule has 4 aromatic rings. The van der Waals surface area contributed by atoms with Gasteiger partial charge in [-0.1, -0.05) is 23.7 Å². The van der Waals surface area contributed by atoms with Crippen molar-refractivity contribution < 1.29 is 4.74 Å². The normalized spacial score (nSPS) is 10.8. The molecule has 0 aliphatic rings. The summed E-state index contributed by atoms with van der Waals surface area (Å²) in [7, 11) is 1.64. The number of rotatable bonds is 4. The van der Waals surface area contributed by atoms with E-state index in [1.165, 1.54) is 0 Å². The number of methoxy groups -OCH3 is 1. The van der Waals surface area contributed by atoms with Crippen molar-refractivity contribution in [2.45, 2.75) is 0 Å². The van der Waals surface area contributed by atoms with Gasteiger partial charge in [0.1, 0.15) is 22.4 Å². The van der Waals surface area contributed by atoms with Crippen LogP contribution in [0.4, 0.5) is 11.5 Å². The largest absolute Gasteiger partial charge is 0.495 e. The molecular weight excluding hydrogens is 336 g/mol. The van der Waals surface area contributed by atoms with Gasteiger partial charge in [0, 0.05) is 23.3 Å². The third kappa shape index (κ3) is 3.02. The molecule has 0 spiro atoms. The Balaban J connectivity index is 1.76. The fraction of sp³-hybridized carbons (Fsp3) is 0.0526. The first-order chi connectivity index (χ1) is 12.2. The smallest absolute Gasteiger partial charge is 0.142 e. The molecule has 0 aliphatic heterocycles. The van der Waals surface area contributed by atoms with Crippen LogP contribution in [0.25, 0.3) is 22.2 Å². The van der Waals surface area contributed by atoms with E-state index < -0.39 is 0 Å². The highest BCUT2D eigenvalue weighted by molar-refractivity contribution is 6.29. The number of ether oxygens (including phenoxy) is 1. The number of hydrogen-bond donors (Lipinski definition) is 2. The fourth-order valence-corrected chi connectivity index (χ4v) is 3.01. The summed E-state index contributed by atoms with van der Waals surface area (Å²) in [5, 5.41) is 4.71. The number of fused-ring (bicyclic) bond motifs is 1. The number of nitrogens with zero attached hydrogens (tertiary/aromatic N) is 2. The zero-order valence-electron chi connectivity index (χ0n) is 13.5. The van der Waals surface area contributed by atoms with Crippen LogP contribution in [0.2, 0.25) is 5.15 Å². The van der Waals surface area contributed by atoms with Crippen LogP contribution in [0.15, 0.2) is 60.9 Å². The maximum absolute atomic E-state index is 6.25. The van der Waals surface area contributed by atoms with Gasteiger partial charge in [0.2, 0.25) is 0 Å². The van der Waals surface area contributed by atoms with Gasteiger partial charge in [-0.25, -0.2) is 9.97 Å². The molecule has 25 heavy (non-hydrogen) atoms. The van der Waals surface area contributed by atoms with Gasteiger partial charge < -0.3 is 15.0 Å². The molecular formula is C19H15ClN4O. The molecule has 2 N–H and O–H groups in total. The fourth-order valence-electron chi connectivity index (χ4n) is 2.80. The Morgan fingerprint density at radius 3 is 2.88 bits per heavy atom. The molecule has 6 heteroatoms. The Morgan fingerprint density at radius 1 is 1.12 bits per heavy atom. The van der Waals surface area contributed by atoms with E-state index >= 15 is 0 Å². The van der Waals surface area contributed by atoms with Crippen molar-refractivity contribution in [3.05, 3.63) is 66.1 Å². The molecule has 0 saturated heterocycles. The summed E-state index contributed by atoms with van der Waals surface area (Å²) in [6.07, 6.45) is 3.69. The van der Waals surface area contributed by atoms with E-state index in [0.717, 1.165) is 33.6 Å². The predicted molar refractivity (Wildman–Crippen MR) is 101 cm³/mol. The number of anilines is 2. The standard InChI is InChI=1S/C19H15ClN4O/c1-25-16-7-3-2-6-15(16)23-18-10-12(9-17(20)24-18)14-11-22-19-13(14)5-4-8-21-19/h2-11H,1H3,(H,21,22)(H,23,24). The highest BCUT2D eigenvalue weighted by Gasteiger charge is 2.10. The maximum atomic E-state index is 6.25. The second-order valence-corrected chi connectivity index (χ2v) is 5.88. The lowest BCUT2D eigenvalue weighted by molar-refractivity contribution is 0.417. The van der Waals surface area contributed by atoms with E-state index in [2.05, 4.69) is 20.3 Å². The minimum absolute atomic E-state index is 0.410. The first kappa shape index (κ1) is 15.5. The van der Waals surface area contributed by atoms with Gasteiger partial charge in [-0.05, 0) is 42.0 Å². The van der Waals surface area contributed by atoms with Crippen LogP contribution in [-0.2, 0) is 0 Å². The lowest BCUT2D eigenvalue weighted by Crippen LogP contribution is -1.97. The average molecular weight is 351 g/mol. The number of para-hydroxylation sites is 2. The first-order valence-electron chi connectivity index (χ1n) is 7.75. The van der Waals surface area contributed by atoms with E-state index in [4.69, 9.17) is 16.3 Å². The van der Waals surface area contributed by atoms with Crippen molar-refractivity contribution in [3.8, 4) is 16.9 Å². The molecule has 0 atom stereocenters. The molecule has 0 radical (unpaired) electrons. The van der Waals surface area contributed by atoms with Crippen LogP contribution in [0.1, 0.15) is 0 Å². The number of aromatic nitrogens is 3. The number of H-pyrrole nitrogens is 1. The Morgan fingerprint density at radius 2 is 2.00 bits per heavy atom. The Labute approximate surface area is 149 Å². The zero-order valence-corrected chi connectivity index (χ0v) is 14.2. The third-order valence-electron chi connectivity index (χ3n) is 3.93. The molecule has 0 fully saturated rings. The van der Waals surface area contributed by atoms with Gasteiger partial charge in [0.15, 0.2) is 0 Å². The summed E-state index contributed by atoms with van der Waals surface area (Å²) in [4.78, 5) is 11.9. The Hall–Kier alpha value is -3.05. The van der Waals surface area contributed by atoms with Crippen molar-refractivity contribution in [1.82, 2.24) is 15.0 Å².